The van der Waals surface area contributed by atoms with Crippen LogP contribution in [0.4, 0.5) is 0 Å². The van der Waals surface area contributed by atoms with Crippen molar-refractivity contribution < 1.29 is 14.6 Å². The van der Waals surface area contributed by atoms with Crippen molar-refractivity contribution in [2.45, 2.75) is 13.0 Å². The average Bonchev–Trinajstić information content (AvgIpc) is 2.26. The van der Waals surface area contributed by atoms with Gasteiger partial charge in [0, 0.05) is 19.1 Å². The molecular weight excluding hydrogens is 184 g/mol. The van der Waals surface area contributed by atoms with Gasteiger partial charge in [0.25, 0.3) is 0 Å². The number of hydrogen-bond acceptors (Lipinski definition) is 4. The van der Waals surface area contributed by atoms with Crippen molar-refractivity contribution in [2.75, 3.05) is 39.5 Å². The Morgan fingerprint density at radius 2 is 2.21 bits per heavy atom. The highest BCUT2D eigenvalue weighted by Gasteiger charge is 2.16. The largest absolute Gasteiger partial charge is 0.395 e. The second-order valence-electron chi connectivity index (χ2n) is 3.46. The smallest absolute Gasteiger partial charge is 0.236 e. The summed E-state index contributed by atoms with van der Waals surface area (Å²) in [6, 6.07) is -0.0278. The topological polar surface area (TPSA) is 61.8 Å². The molecular formula is C9H18N2O3. The zero-order valence-corrected chi connectivity index (χ0v) is 8.53. The van der Waals surface area contributed by atoms with E-state index < -0.39 is 0 Å². The Morgan fingerprint density at radius 1 is 1.57 bits per heavy atom. The van der Waals surface area contributed by atoms with Crippen molar-refractivity contribution in [1.82, 2.24) is 10.2 Å². The zero-order valence-electron chi connectivity index (χ0n) is 8.53. The summed E-state index contributed by atoms with van der Waals surface area (Å²) >= 11 is 0. The van der Waals surface area contributed by atoms with Crippen LogP contribution in [-0.4, -0.2) is 61.4 Å². The number of amides is 1. The Hall–Kier alpha value is -0.650. The maximum atomic E-state index is 11.5. The molecule has 0 bridgehead atoms. The Bertz CT molecular complexity index is 181. The highest BCUT2D eigenvalue weighted by Crippen LogP contribution is 1.96. The molecule has 0 aromatic rings. The van der Waals surface area contributed by atoms with Gasteiger partial charge in [-0.15, -0.1) is 0 Å². The maximum Gasteiger partial charge on any atom is 0.236 e. The molecule has 0 saturated carbocycles. The number of carbonyl (C=O) groups excluding carboxylic acids is 1. The van der Waals surface area contributed by atoms with Crippen molar-refractivity contribution in [3.8, 4) is 0 Å². The first-order valence-electron chi connectivity index (χ1n) is 4.94. The lowest BCUT2D eigenvalue weighted by Gasteiger charge is -2.27. The molecule has 1 aliphatic heterocycles. The molecule has 0 aromatic heterocycles. The van der Waals surface area contributed by atoms with E-state index in [-0.39, 0.29) is 18.6 Å². The van der Waals surface area contributed by atoms with E-state index in [1.54, 1.807) is 4.90 Å². The summed E-state index contributed by atoms with van der Waals surface area (Å²) in [7, 11) is 0. The van der Waals surface area contributed by atoms with E-state index in [4.69, 9.17) is 9.84 Å². The molecule has 82 valence electrons. The third kappa shape index (κ3) is 3.61. The lowest BCUT2D eigenvalue weighted by Crippen LogP contribution is -2.46. The number of aliphatic hydroxyl groups is 1. The highest BCUT2D eigenvalue weighted by molar-refractivity contribution is 5.78. The fraction of sp³-hybridized carbons (Fsp3) is 0.889. The quantitative estimate of drug-likeness (QED) is 0.602. The number of morpholine rings is 1. The van der Waals surface area contributed by atoms with Gasteiger partial charge < -0.3 is 20.1 Å². The summed E-state index contributed by atoms with van der Waals surface area (Å²) in [5.41, 5.74) is 0. The minimum Gasteiger partial charge on any atom is -0.395 e. The van der Waals surface area contributed by atoms with Gasteiger partial charge in [-0.05, 0) is 6.92 Å². The van der Waals surface area contributed by atoms with Gasteiger partial charge in [0.1, 0.15) is 0 Å². The molecule has 0 aliphatic carbocycles. The van der Waals surface area contributed by atoms with Gasteiger partial charge in [0.05, 0.1) is 26.4 Å². The molecule has 1 amide bonds. The SMILES string of the molecule is CC(CO)NCC(=O)N1CCOCC1. The van der Waals surface area contributed by atoms with Crippen LogP contribution < -0.4 is 5.32 Å². The van der Waals surface area contributed by atoms with E-state index in [1.807, 2.05) is 6.92 Å². The number of nitrogens with zero attached hydrogens (tertiary/aromatic N) is 1. The standard InChI is InChI=1S/C9H18N2O3/c1-8(7-12)10-6-9(13)11-2-4-14-5-3-11/h8,10,12H,2-7H2,1H3. The van der Waals surface area contributed by atoms with Gasteiger partial charge in [-0.3, -0.25) is 4.79 Å². The number of aliphatic hydroxyl groups excluding tert-OH is 1. The number of rotatable bonds is 4. The van der Waals surface area contributed by atoms with E-state index in [2.05, 4.69) is 5.32 Å². The van der Waals surface area contributed by atoms with E-state index in [0.29, 0.717) is 32.8 Å². The summed E-state index contributed by atoms with van der Waals surface area (Å²) in [5, 5.41) is 11.7. The second-order valence-corrected chi connectivity index (χ2v) is 3.46. The fourth-order valence-corrected chi connectivity index (χ4v) is 1.25. The molecule has 5 nitrogen and oxygen atoms in total. The van der Waals surface area contributed by atoms with Crippen LogP contribution in [0.15, 0.2) is 0 Å². The predicted octanol–water partition coefficient (Wildman–Crippen LogP) is -1.18. The van der Waals surface area contributed by atoms with Crippen LogP contribution in [0.5, 0.6) is 0 Å². The summed E-state index contributed by atoms with van der Waals surface area (Å²) in [6.07, 6.45) is 0. The van der Waals surface area contributed by atoms with Crippen LogP contribution in [0.25, 0.3) is 0 Å². The van der Waals surface area contributed by atoms with E-state index >= 15 is 0 Å². The van der Waals surface area contributed by atoms with Gasteiger partial charge in [-0.2, -0.15) is 0 Å². The van der Waals surface area contributed by atoms with Crippen LogP contribution >= 0.6 is 0 Å². The Morgan fingerprint density at radius 3 is 2.79 bits per heavy atom. The molecule has 1 rings (SSSR count). The lowest BCUT2D eigenvalue weighted by atomic mass is 10.3. The molecule has 1 aliphatic rings. The van der Waals surface area contributed by atoms with Gasteiger partial charge in [0.2, 0.25) is 5.91 Å². The van der Waals surface area contributed by atoms with Gasteiger partial charge in [-0.1, -0.05) is 0 Å². The molecule has 2 N–H and O–H groups in total. The van der Waals surface area contributed by atoms with Gasteiger partial charge in [-0.25, -0.2) is 0 Å². The number of carbonyl (C=O) groups is 1. The molecule has 1 unspecified atom stereocenters. The summed E-state index contributed by atoms with van der Waals surface area (Å²) in [5.74, 6) is 0.0774. The minimum absolute atomic E-state index is 0.0278. The molecule has 1 heterocycles. The average molecular weight is 202 g/mol. The van der Waals surface area contributed by atoms with Crippen LogP contribution in [0.3, 0.4) is 0 Å². The van der Waals surface area contributed by atoms with Crippen molar-refractivity contribution in [1.29, 1.82) is 0 Å². The molecule has 1 saturated heterocycles. The Balaban J connectivity index is 2.19. The first kappa shape index (κ1) is 11.4. The number of ether oxygens (including phenoxy) is 1. The minimum atomic E-state index is -0.0278. The first-order valence-corrected chi connectivity index (χ1v) is 4.94. The molecule has 1 atom stereocenters. The monoisotopic (exact) mass is 202 g/mol. The normalized spacial score (nSPS) is 19.4. The van der Waals surface area contributed by atoms with Gasteiger partial charge >= 0.3 is 0 Å². The van der Waals surface area contributed by atoms with Crippen molar-refractivity contribution in [3.05, 3.63) is 0 Å². The second kappa shape index (κ2) is 5.95. The summed E-state index contributed by atoms with van der Waals surface area (Å²) in [4.78, 5) is 13.3. The lowest BCUT2D eigenvalue weighted by molar-refractivity contribution is -0.134. The Labute approximate surface area is 84.0 Å². The summed E-state index contributed by atoms with van der Waals surface area (Å²) in [6.45, 7) is 4.79. The van der Waals surface area contributed by atoms with Gasteiger partial charge in [0.15, 0.2) is 0 Å². The molecule has 0 aromatic carbocycles. The van der Waals surface area contributed by atoms with Crippen LogP contribution in [-0.2, 0) is 9.53 Å². The van der Waals surface area contributed by atoms with E-state index in [1.165, 1.54) is 0 Å². The molecule has 1 fully saturated rings. The molecule has 14 heavy (non-hydrogen) atoms. The molecule has 0 radical (unpaired) electrons. The third-order valence-electron chi connectivity index (χ3n) is 2.24. The third-order valence-corrected chi connectivity index (χ3v) is 2.24. The van der Waals surface area contributed by atoms with Crippen molar-refractivity contribution in [2.24, 2.45) is 0 Å². The number of hydrogen-bond donors (Lipinski definition) is 2. The van der Waals surface area contributed by atoms with E-state index in [0.717, 1.165) is 0 Å². The van der Waals surface area contributed by atoms with Crippen molar-refractivity contribution in [3.63, 3.8) is 0 Å². The number of nitrogens with one attached hydrogen (secondary N) is 1. The maximum absolute atomic E-state index is 11.5. The van der Waals surface area contributed by atoms with Crippen LogP contribution in [0, 0.1) is 0 Å². The highest BCUT2D eigenvalue weighted by atomic mass is 16.5. The molecule has 0 spiro atoms. The van der Waals surface area contributed by atoms with E-state index in [9.17, 15) is 4.79 Å². The fourth-order valence-electron chi connectivity index (χ4n) is 1.25. The first-order chi connectivity index (χ1) is 6.74. The predicted molar refractivity (Wildman–Crippen MR) is 51.9 cm³/mol. The van der Waals surface area contributed by atoms with Crippen LogP contribution in [0.2, 0.25) is 0 Å². The van der Waals surface area contributed by atoms with Crippen LogP contribution in [0.1, 0.15) is 6.92 Å². The summed E-state index contributed by atoms with van der Waals surface area (Å²) < 4.78 is 5.14. The zero-order chi connectivity index (χ0) is 10.4. The molecule has 5 heteroatoms. The Kier molecular flexibility index (Phi) is 4.86. The van der Waals surface area contributed by atoms with Crippen molar-refractivity contribution >= 4 is 5.91 Å².